The van der Waals surface area contributed by atoms with Gasteiger partial charge in [-0.05, 0) is 67.8 Å². The predicted octanol–water partition coefficient (Wildman–Crippen LogP) is 5.43. The number of anilines is 3. The first-order valence-corrected chi connectivity index (χ1v) is 10.1. The van der Waals surface area contributed by atoms with Crippen LogP contribution in [0.3, 0.4) is 0 Å². The number of nitrogens with one attached hydrogen (secondary N) is 2. The topological polar surface area (TPSA) is 70.2 Å². The SMILES string of the molecule is O=C(Nc1ccc(Cl)cc1)Nc1cccc(-c2ccc(N3CCCCC3)nn2)c1. The molecule has 2 aromatic carbocycles. The van der Waals surface area contributed by atoms with Gasteiger partial charge in [-0.15, -0.1) is 10.2 Å². The van der Waals surface area contributed by atoms with Crippen LogP contribution in [0.4, 0.5) is 22.0 Å². The first kappa shape index (κ1) is 19.2. The molecule has 0 spiro atoms. The highest BCUT2D eigenvalue weighted by Crippen LogP contribution is 2.23. The molecule has 0 radical (unpaired) electrons. The molecule has 0 bridgehead atoms. The van der Waals surface area contributed by atoms with Crippen LogP contribution < -0.4 is 15.5 Å². The molecule has 6 nitrogen and oxygen atoms in total. The van der Waals surface area contributed by atoms with Crippen LogP contribution >= 0.6 is 11.6 Å². The Morgan fingerprint density at radius 3 is 2.34 bits per heavy atom. The number of aromatic nitrogens is 2. The average Bonchev–Trinajstić information content (AvgIpc) is 2.76. The summed E-state index contributed by atoms with van der Waals surface area (Å²) in [5.74, 6) is 0.921. The number of halogens is 1. The molecule has 1 aromatic heterocycles. The second kappa shape index (κ2) is 8.92. The van der Waals surface area contributed by atoms with Gasteiger partial charge in [-0.3, -0.25) is 0 Å². The summed E-state index contributed by atoms with van der Waals surface area (Å²) in [6.45, 7) is 2.08. The van der Waals surface area contributed by atoms with Crippen LogP contribution in [-0.2, 0) is 0 Å². The van der Waals surface area contributed by atoms with Crippen LogP contribution in [0, 0.1) is 0 Å². The number of hydrogen-bond acceptors (Lipinski definition) is 4. The molecule has 4 rings (SSSR count). The molecule has 2 heterocycles. The second-order valence-electron chi connectivity index (χ2n) is 6.99. The number of amides is 2. The molecular formula is C22H22ClN5O. The van der Waals surface area contributed by atoms with Crippen molar-refractivity contribution in [2.24, 2.45) is 0 Å². The van der Waals surface area contributed by atoms with Gasteiger partial charge in [-0.25, -0.2) is 4.79 Å². The Labute approximate surface area is 174 Å². The van der Waals surface area contributed by atoms with E-state index >= 15 is 0 Å². The minimum Gasteiger partial charge on any atom is -0.355 e. The maximum absolute atomic E-state index is 12.2. The molecule has 2 N–H and O–H groups in total. The van der Waals surface area contributed by atoms with Crippen molar-refractivity contribution >= 4 is 34.8 Å². The standard InChI is InChI=1S/C22H22ClN5O/c23-17-7-9-18(10-8-17)24-22(29)25-19-6-4-5-16(15-19)20-11-12-21(27-26-20)28-13-2-1-3-14-28/h4-12,15H,1-3,13-14H2,(H2,24,25,29). The van der Waals surface area contributed by atoms with Gasteiger partial charge in [-0.2, -0.15) is 0 Å². The first-order chi connectivity index (χ1) is 14.2. The summed E-state index contributed by atoms with van der Waals surface area (Å²) in [4.78, 5) is 14.5. The van der Waals surface area contributed by atoms with Crippen LogP contribution in [0.5, 0.6) is 0 Å². The molecule has 0 atom stereocenters. The quantitative estimate of drug-likeness (QED) is 0.604. The maximum Gasteiger partial charge on any atom is 0.323 e. The Kier molecular flexibility index (Phi) is 5.91. The lowest BCUT2D eigenvalue weighted by Gasteiger charge is -2.27. The molecule has 29 heavy (non-hydrogen) atoms. The lowest BCUT2D eigenvalue weighted by molar-refractivity contribution is 0.262. The molecule has 0 unspecified atom stereocenters. The van der Waals surface area contributed by atoms with Crippen molar-refractivity contribution < 1.29 is 4.79 Å². The molecule has 2 amide bonds. The zero-order valence-corrected chi connectivity index (χ0v) is 16.7. The van der Waals surface area contributed by atoms with Crippen LogP contribution in [0.25, 0.3) is 11.3 Å². The highest BCUT2D eigenvalue weighted by molar-refractivity contribution is 6.30. The molecule has 0 saturated carbocycles. The number of piperidine rings is 1. The summed E-state index contributed by atoms with van der Waals surface area (Å²) in [6, 6.07) is 18.2. The Morgan fingerprint density at radius 2 is 1.62 bits per heavy atom. The van der Waals surface area contributed by atoms with Gasteiger partial charge in [0.25, 0.3) is 0 Å². The normalized spacial score (nSPS) is 13.8. The van der Waals surface area contributed by atoms with E-state index in [0.717, 1.165) is 30.2 Å². The number of urea groups is 1. The van der Waals surface area contributed by atoms with Crippen molar-refractivity contribution in [3.8, 4) is 11.3 Å². The van der Waals surface area contributed by atoms with Gasteiger partial charge in [0.1, 0.15) is 0 Å². The molecule has 1 saturated heterocycles. The number of carbonyl (C=O) groups excluding carboxylic acids is 1. The van der Waals surface area contributed by atoms with Gasteiger partial charge >= 0.3 is 6.03 Å². The molecular weight excluding hydrogens is 386 g/mol. The summed E-state index contributed by atoms with van der Waals surface area (Å²) >= 11 is 5.87. The molecule has 1 aliphatic heterocycles. The molecule has 0 aliphatic carbocycles. The molecule has 3 aromatic rings. The molecule has 7 heteroatoms. The van der Waals surface area contributed by atoms with Gasteiger partial charge in [0.2, 0.25) is 0 Å². The van der Waals surface area contributed by atoms with Crippen LogP contribution in [-0.4, -0.2) is 29.3 Å². The van der Waals surface area contributed by atoms with E-state index in [1.807, 2.05) is 36.4 Å². The maximum atomic E-state index is 12.2. The average molecular weight is 408 g/mol. The number of rotatable bonds is 4. The summed E-state index contributed by atoms with van der Waals surface area (Å²) in [7, 11) is 0. The van der Waals surface area contributed by atoms with Crippen molar-refractivity contribution in [1.29, 1.82) is 0 Å². The lowest BCUT2D eigenvalue weighted by atomic mass is 10.1. The Balaban J connectivity index is 1.42. The minimum atomic E-state index is -0.323. The fourth-order valence-corrected chi connectivity index (χ4v) is 3.48. The van der Waals surface area contributed by atoms with E-state index in [4.69, 9.17) is 11.6 Å². The van der Waals surface area contributed by atoms with Gasteiger partial charge < -0.3 is 15.5 Å². The van der Waals surface area contributed by atoms with Crippen molar-refractivity contribution in [2.45, 2.75) is 19.3 Å². The van der Waals surface area contributed by atoms with Gasteiger partial charge in [0, 0.05) is 35.1 Å². The number of hydrogen-bond donors (Lipinski definition) is 2. The van der Waals surface area contributed by atoms with Crippen molar-refractivity contribution in [1.82, 2.24) is 10.2 Å². The second-order valence-corrected chi connectivity index (χ2v) is 7.43. The number of carbonyl (C=O) groups is 1. The van der Waals surface area contributed by atoms with E-state index in [-0.39, 0.29) is 6.03 Å². The van der Waals surface area contributed by atoms with E-state index < -0.39 is 0 Å². The Hall–Kier alpha value is -3.12. The van der Waals surface area contributed by atoms with E-state index in [1.54, 1.807) is 24.3 Å². The summed E-state index contributed by atoms with van der Waals surface area (Å²) in [6.07, 6.45) is 3.69. The molecule has 1 aliphatic rings. The Morgan fingerprint density at radius 1 is 0.862 bits per heavy atom. The van der Waals surface area contributed by atoms with E-state index in [1.165, 1.54) is 19.3 Å². The lowest BCUT2D eigenvalue weighted by Crippen LogP contribution is -2.30. The van der Waals surface area contributed by atoms with Crippen LogP contribution in [0.2, 0.25) is 5.02 Å². The van der Waals surface area contributed by atoms with Gasteiger partial charge in [-0.1, -0.05) is 23.7 Å². The third-order valence-corrected chi connectivity index (χ3v) is 5.10. The predicted molar refractivity (Wildman–Crippen MR) is 118 cm³/mol. The monoisotopic (exact) mass is 407 g/mol. The van der Waals surface area contributed by atoms with Crippen molar-refractivity contribution in [2.75, 3.05) is 28.6 Å². The van der Waals surface area contributed by atoms with Crippen LogP contribution in [0.1, 0.15) is 19.3 Å². The van der Waals surface area contributed by atoms with E-state index in [0.29, 0.717) is 16.4 Å². The summed E-state index contributed by atoms with van der Waals surface area (Å²) < 4.78 is 0. The zero-order valence-electron chi connectivity index (χ0n) is 15.9. The zero-order chi connectivity index (χ0) is 20.1. The van der Waals surface area contributed by atoms with Crippen molar-refractivity contribution in [3.05, 3.63) is 65.7 Å². The molecule has 148 valence electrons. The molecule has 1 fully saturated rings. The largest absolute Gasteiger partial charge is 0.355 e. The van der Waals surface area contributed by atoms with E-state index in [2.05, 4.69) is 25.7 Å². The Bertz CT molecular complexity index is 969. The summed E-state index contributed by atoms with van der Waals surface area (Å²) in [5.41, 5.74) is 3.01. The highest BCUT2D eigenvalue weighted by Gasteiger charge is 2.13. The fraction of sp³-hybridized carbons (Fsp3) is 0.227. The number of benzene rings is 2. The highest BCUT2D eigenvalue weighted by atomic mass is 35.5. The van der Waals surface area contributed by atoms with Gasteiger partial charge in [0.05, 0.1) is 5.69 Å². The fourth-order valence-electron chi connectivity index (χ4n) is 3.35. The third-order valence-electron chi connectivity index (χ3n) is 4.85. The van der Waals surface area contributed by atoms with E-state index in [9.17, 15) is 4.79 Å². The van der Waals surface area contributed by atoms with Crippen LogP contribution in [0.15, 0.2) is 60.7 Å². The third kappa shape index (κ3) is 5.03. The first-order valence-electron chi connectivity index (χ1n) is 9.70. The number of nitrogens with zero attached hydrogens (tertiary/aromatic N) is 3. The smallest absolute Gasteiger partial charge is 0.323 e. The summed E-state index contributed by atoms with van der Waals surface area (Å²) in [5, 5.41) is 15.0. The van der Waals surface area contributed by atoms with Gasteiger partial charge in [0.15, 0.2) is 5.82 Å². The minimum absolute atomic E-state index is 0.323. The van der Waals surface area contributed by atoms with Crippen molar-refractivity contribution in [3.63, 3.8) is 0 Å².